The second-order valence-corrected chi connectivity index (χ2v) is 17.2. The Morgan fingerprint density at radius 2 is 1.57 bits per heavy atom. The second-order valence-electron chi connectivity index (χ2n) is 12.9. The molecule has 3 rings (SSSR count). The summed E-state index contributed by atoms with van der Waals surface area (Å²) in [5.74, 6) is -4.21. The number of rotatable bonds is 16. The van der Waals surface area contributed by atoms with Gasteiger partial charge in [0.05, 0.1) is 13.2 Å². The Labute approximate surface area is 264 Å². The summed E-state index contributed by atoms with van der Waals surface area (Å²) in [5.41, 5.74) is 0. The van der Waals surface area contributed by atoms with Crippen LogP contribution in [0.2, 0.25) is 5.04 Å². The van der Waals surface area contributed by atoms with Crippen LogP contribution in [-0.2, 0) is 18.8 Å². The molecule has 0 aliphatic heterocycles. The van der Waals surface area contributed by atoms with Crippen LogP contribution in [0.4, 0.5) is 8.78 Å². The fourth-order valence-corrected chi connectivity index (χ4v) is 11.1. The number of ether oxygens (including phenoxy) is 1. The molecule has 7 heteroatoms. The van der Waals surface area contributed by atoms with Crippen LogP contribution in [0, 0.1) is 11.8 Å². The lowest BCUT2D eigenvalue weighted by Crippen LogP contribution is -2.68. The van der Waals surface area contributed by atoms with Crippen molar-refractivity contribution in [2.24, 2.45) is 11.8 Å². The Morgan fingerprint density at radius 3 is 2.11 bits per heavy atom. The predicted molar refractivity (Wildman–Crippen MR) is 177 cm³/mol. The van der Waals surface area contributed by atoms with Crippen LogP contribution in [0.25, 0.3) is 0 Å². The highest BCUT2D eigenvalue weighted by Gasteiger charge is 2.54. The van der Waals surface area contributed by atoms with E-state index in [1.165, 1.54) is 13.2 Å². The second kappa shape index (κ2) is 16.4. The van der Waals surface area contributed by atoms with Crippen molar-refractivity contribution < 1.29 is 27.5 Å². The number of ketones is 1. The number of benzene rings is 2. The van der Waals surface area contributed by atoms with E-state index in [9.17, 15) is 18.4 Å². The molecule has 2 aromatic rings. The number of carbonyl (C=O) groups excluding carboxylic acids is 2. The van der Waals surface area contributed by atoms with Gasteiger partial charge in [-0.25, -0.2) is 8.78 Å². The van der Waals surface area contributed by atoms with Crippen molar-refractivity contribution in [2.45, 2.75) is 103 Å². The number of alkyl halides is 2. The van der Waals surface area contributed by atoms with Gasteiger partial charge < -0.3 is 9.16 Å². The van der Waals surface area contributed by atoms with Gasteiger partial charge in [-0.1, -0.05) is 119 Å². The highest BCUT2D eigenvalue weighted by molar-refractivity contribution is 6.99. The molecule has 0 heterocycles. The molecule has 0 unspecified atom stereocenters. The number of hydrogen-bond acceptors (Lipinski definition) is 4. The lowest BCUT2D eigenvalue weighted by atomic mass is 9.90. The first-order chi connectivity index (χ1) is 20.9. The average molecular weight is 625 g/mol. The summed E-state index contributed by atoms with van der Waals surface area (Å²) in [5, 5.41) is 1.95. The van der Waals surface area contributed by atoms with E-state index >= 15 is 0 Å². The van der Waals surface area contributed by atoms with Crippen LogP contribution >= 0.6 is 0 Å². The van der Waals surface area contributed by atoms with Gasteiger partial charge in [-0.3, -0.25) is 9.59 Å². The topological polar surface area (TPSA) is 52.6 Å². The molecule has 3 atom stereocenters. The number of unbranched alkanes of at least 4 members (excludes halogenated alkanes) is 3. The van der Waals surface area contributed by atoms with Crippen LogP contribution in [0.3, 0.4) is 0 Å². The van der Waals surface area contributed by atoms with Crippen molar-refractivity contribution in [3.8, 4) is 0 Å². The van der Waals surface area contributed by atoms with Crippen molar-refractivity contribution in [3.05, 3.63) is 85.0 Å². The predicted octanol–water partition coefficient (Wildman–Crippen LogP) is 8.20. The van der Waals surface area contributed by atoms with Crippen LogP contribution in [0.15, 0.2) is 85.0 Å². The highest BCUT2D eigenvalue weighted by Crippen LogP contribution is 2.43. The molecular weight excluding hydrogens is 574 g/mol. The molecule has 0 saturated heterocycles. The van der Waals surface area contributed by atoms with Gasteiger partial charge in [0.1, 0.15) is 5.78 Å². The summed E-state index contributed by atoms with van der Waals surface area (Å²) in [7, 11) is -1.60. The number of Topliss-reactive ketones (excluding diaryl/α,β-unsaturated/α-hetero) is 1. The van der Waals surface area contributed by atoms with Gasteiger partial charge in [-0.2, -0.15) is 0 Å². The van der Waals surface area contributed by atoms with Crippen LogP contribution < -0.4 is 10.4 Å². The zero-order chi connectivity index (χ0) is 32.2. The molecule has 4 nitrogen and oxygen atoms in total. The Hall–Kier alpha value is -2.90. The van der Waals surface area contributed by atoms with E-state index in [2.05, 4.69) is 45.0 Å². The Balaban J connectivity index is 1.99. The van der Waals surface area contributed by atoms with Crippen LogP contribution in [0.5, 0.6) is 0 Å². The third kappa shape index (κ3) is 9.30. The van der Waals surface area contributed by atoms with E-state index in [0.717, 1.165) is 29.3 Å². The summed E-state index contributed by atoms with van der Waals surface area (Å²) in [6, 6.07) is 20.5. The number of esters is 1. The minimum absolute atomic E-state index is 0.0577. The molecule has 44 heavy (non-hydrogen) atoms. The summed E-state index contributed by atoms with van der Waals surface area (Å²) in [6.07, 6.45) is 10.2. The monoisotopic (exact) mass is 624 g/mol. The first kappa shape index (κ1) is 35.6. The maximum atomic E-state index is 14.8. The van der Waals surface area contributed by atoms with Gasteiger partial charge in [0.2, 0.25) is 0 Å². The average Bonchev–Trinajstić information content (AvgIpc) is 3.29. The van der Waals surface area contributed by atoms with E-state index in [-0.39, 0.29) is 35.6 Å². The maximum absolute atomic E-state index is 14.8. The third-order valence-corrected chi connectivity index (χ3v) is 13.7. The van der Waals surface area contributed by atoms with Gasteiger partial charge in [-0.15, -0.1) is 0 Å². The summed E-state index contributed by atoms with van der Waals surface area (Å²) in [4.78, 5) is 25.1. The van der Waals surface area contributed by atoms with Gasteiger partial charge in [0, 0.05) is 31.1 Å². The number of hydrogen-bond donors (Lipinski definition) is 0. The number of carbonyl (C=O) groups is 2. The molecule has 0 spiro atoms. The number of halogens is 2. The molecule has 1 aliphatic rings. The van der Waals surface area contributed by atoms with E-state index < -0.39 is 26.3 Å². The zero-order valence-electron chi connectivity index (χ0n) is 27.1. The third-order valence-electron chi connectivity index (χ3n) is 8.67. The zero-order valence-corrected chi connectivity index (χ0v) is 28.1. The Morgan fingerprint density at radius 1 is 0.955 bits per heavy atom. The molecule has 2 aromatic carbocycles. The number of methoxy groups -OCH3 is 1. The van der Waals surface area contributed by atoms with E-state index in [4.69, 9.17) is 9.16 Å². The van der Waals surface area contributed by atoms with Crippen LogP contribution in [0.1, 0.15) is 85.5 Å². The quantitative estimate of drug-likeness (QED) is 0.0818. The fraction of sp³-hybridized carbons (Fsp3) is 0.514. The van der Waals surface area contributed by atoms with E-state index in [1.54, 1.807) is 0 Å². The molecular formula is C37H50F2O4Si. The van der Waals surface area contributed by atoms with Gasteiger partial charge >= 0.3 is 5.97 Å². The molecule has 0 bridgehead atoms. The van der Waals surface area contributed by atoms with Crippen molar-refractivity contribution >= 4 is 30.4 Å². The molecule has 240 valence electrons. The lowest BCUT2D eigenvalue weighted by molar-refractivity contribution is -0.140. The summed E-state index contributed by atoms with van der Waals surface area (Å²) < 4.78 is 41.8. The normalized spacial score (nSPS) is 19.7. The Bertz CT molecular complexity index is 1200. The van der Waals surface area contributed by atoms with Gasteiger partial charge in [-0.05, 0) is 47.2 Å². The first-order valence-corrected chi connectivity index (χ1v) is 18.0. The molecule has 1 aliphatic carbocycles. The van der Waals surface area contributed by atoms with Crippen molar-refractivity contribution in [1.82, 2.24) is 0 Å². The minimum atomic E-state index is -2.97. The SMILES string of the molecule is CCCCCC(F)(F)C=C[C@H]1C(=O)C[C@H](O[Si](c2ccccc2)(c2ccccc2)C(C)(C)C)[C@@H]1CC=CCCCC(=O)OC. The Kier molecular flexibility index (Phi) is 13.3. The van der Waals surface area contributed by atoms with Crippen molar-refractivity contribution in [2.75, 3.05) is 7.11 Å². The molecule has 1 saturated carbocycles. The summed E-state index contributed by atoms with van der Waals surface area (Å²) in [6.45, 7) is 8.58. The first-order valence-electron chi connectivity index (χ1n) is 16.1. The number of allylic oxidation sites excluding steroid dienone is 4. The smallest absolute Gasteiger partial charge is 0.305 e. The molecule has 0 radical (unpaired) electrons. The molecule has 0 amide bonds. The van der Waals surface area contributed by atoms with Gasteiger partial charge in [0.15, 0.2) is 0 Å². The van der Waals surface area contributed by atoms with Crippen molar-refractivity contribution in [1.29, 1.82) is 0 Å². The standard InChI is InChI=1S/C37H50F2O4Si/c1-6-7-18-26-37(38,39)27-25-31-32(23-16-8-9-17-24-35(41)42-5)34(28-33(31)40)43-44(36(2,3)4,29-19-12-10-13-20-29)30-21-14-11-15-22-30/h8,10-16,19-22,25,27,31-32,34H,6-7,9,17-18,23-24,26,28H2,1-5H3/t31-,32-,34+/m1/s1. The maximum Gasteiger partial charge on any atom is 0.305 e. The minimum Gasteiger partial charge on any atom is -0.469 e. The van der Waals surface area contributed by atoms with E-state index in [0.29, 0.717) is 32.1 Å². The fourth-order valence-electron chi connectivity index (χ4n) is 6.33. The molecule has 0 N–H and O–H groups in total. The lowest BCUT2D eigenvalue weighted by Gasteiger charge is -2.45. The van der Waals surface area contributed by atoms with Crippen LogP contribution in [-0.4, -0.2) is 39.2 Å². The molecule has 0 aromatic heterocycles. The largest absolute Gasteiger partial charge is 0.469 e. The summed E-state index contributed by atoms with van der Waals surface area (Å²) >= 11 is 0. The molecule has 1 fully saturated rings. The van der Waals surface area contributed by atoms with E-state index in [1.807, 2.05) is 55.5 Å². The highest BCUT2D eigenvalue weighted by atomic mass is 28.4. The van der Waals surface area contributed by atoms with Gasteiger partial charge in [0.25, 0.3) is 14.2 Å². The van der Waals surface area contributed by atoms with Crippen molar-refractivity contribution in [3.63, 3.8) is 0 Å².